The first-order valence-electron chi connectivity index (χ1n) is 8.58. The Balaban J connectivity index is 1.99. The van der Waals surface area contributed by atoms with Crippen molar-refractivity contribution < 1.29 is 14.3 Å². The van der Waals surface area contributed by atoms with Crippen molar-refractivity contribution in [2.24, 2.45) is 0 Å². The van der Waals surface area contributed by atoms with Gasteiger partial charge in [-0.1, -0.05) is 26.0 Å². The summed E-state index contributed by atoms with van der Waals surface area (Å²) in [6, 6.07) is 14.8. The second-order valence-electron chi connectivity index (χ2n) is 6.40. The minimum absolute atomic E-state index is 0.00856. The molecule has 2 aromatic rings. The van der Waals surface area contributed by atoms with Gasteiger partial charge in [-0.2, -0.15) is 5.26 Å². The third-order valence-corrected chi connectivity index (χ3v) is 3.98. The fourth-order valence-corrected chi connectivity index (χ4v) is 2.34. The highest BCUT2D eigenvalue weighted by Gasteiger charge is 2.16. The zero-order chi connectivity index (χ0) is 19.1. The first-order chi connectivity index (χ1) is 12.4. The predicted octanol–water partition coefficient (Wildman–Crippen LogP) is 4.43. The normalized spacial score (nSPS) is 11.5. The molecule has 0 spiro atoms. The van der Waals surface area contributed by atoms with Crippen LogP contribution < -0.4 is 14.8 Å². The third-order valence-electron chi connectivity index (χ3n) is 3.98. The lowest BCUT2D eigenvalue weighted by Crippen LogP contribution is -2.30. The van der Waals surface area contributed by atoms with E-state index in [1.807, 2.05) is 25.1 Å². The molecule has 2 aromatic carbocycles. The molecule has 0 radical (unpaired) electrons. The number of nitriles is 1. The molecule has 2 rings (SSSR count). The van der Waals surface area contributed by atoms with E-state index in [1.54, 1.807) is 31.2 Å². The van der Waals surface area contributed by atoms with Crippen LogP contribution in [-0.4, -0.2) is 18.6 Å². The van der Waals surface area contributed by atoms with Crippen LogP contribution in [0.2, 0.25) is 0 Å². The van der Waals surface area contributed by atoms with E-state index in [1.165, 1.54) is 5.56 Å². The number of carbonyl (C=O) groups is 1. The van der Waals surface area contributed by atoms with Crippen LogP contribution in [0, 0.1) is 18.3 Å². The smallest absolute Gasteiger partial charge is 0.265 e. The number of aryl methyl sites for hydroxylation is 1. The number of benzene rings is 2. The molecule has 1 amide bonds. The second kappa shape index (κ2) is 8.91. The molecule has 0 heterocycles. The number of nitrogens with one attached hydrogen (secondary N) is 1. The van der Waals surface area contributed by atoms with Gasteiger partial charge in [-0.3, -0.25) is 4.79 Å². The van der Waals surface area contributed by atoms with Gasteiger partial charge in [-0.25, -0.2) is 0 Å². The molecule has 0 aliphatic rings. The highest BCUT2D eigenvalue weighted by Crippen LogP contribution is 2.25. The number of ether oxygens (including phenoxy) is 2. The average molecular weight is 352 g/mol. The van der Waals surface area contributed by atoms with Gasteiger partial charge < -0.3 is 14.8 Å². The molecule has 0 aromatic heterocycles. The Hall–Kier alpha value is -3.00. The minimum atomic E-state index is -0.634. The number of nitrogens with zero attached hydrogens (tertiary/aromatic N) is 1. The Bertz CT molecular complexity index is 792. The van der Waals surface area contributed by atoms with Crippen molar-refractivity contribution in [3.05, 3.63) is 53.6 Å². The lowest BCUT2D eigenvalue weighted by molar-refractivity contribution is -0.122. The minimum Gasteiger partial charge on any atom is -0.481 e. The van der Waals surface area contributed by atoms with Crippen LogP contribution in [-0.2, 0) is 4.79 Å². The molecule has 0 saturated heterocycles. The lowest BCUT2D eigenvalue weighted by Gasteiger charge is -2.18. The molecule has 26 heavy (non-hydrogen) atoms. The molecule has 0 saturated carbocycles. The van der Waals surface area contributed by atoms with Gasteiger partial charge in [0.15, 0.2) is 12.7 Å². The molecule has 1 unspecified atom stereocenters. The molecular formula is C21H24N2O3. The van der Waals surface area contributed by atoms with E-state index in [0.29, 0.717) is 17.4 Å². The molecule has 0 fully saturated rings. The van der Waals surface area contributed by atoms with Gasteiger partial charge in [-0.05, 0) is 61.2 Å². The lowest BCUT2D eigenvalue weighted by atomic mass is 10.0. The fraction of sp³-hybridized carbons (Fsp3) is 0.333. The maximum atomic E-state index is 12.4. The van der Waals surface area contributed by atoms with Crippen LogP contribution in [0.25, 0.3) is 0 Å². The number of anilines is 1. The van der Waals surface area contributed by atoms with E-state index in [4.69, 9.17) is 14.7 Å². The number of hydrogen-bond donors (Lipinski definition) is 1. The number of carbonyl (C=O) groups excluding carboxylic acids is 1. The van der Waals surface area contributed by atoms with Crippen LogP contribution >= 0.6 is 0 Å². The van der Waals surface area contributed by atoms with E-state index in [9.17, 15) is 4.79 Å². The van der Waals surface area contributed by atoms with Crippen LogP contribution in [0.5, 0.6) is 11.5 Å². The SMILES string of the molecule is Cc1ccc(C(C)C)cc1OC(C)C(=O)Nc1ccc(OCC#N)cc1. The van der Waals surface area contributed by atoms with Crippen molar-refractivity contribution in [2.75, 3.05) is 11.9 Å². The van der Waals surface area contributed by atoms with Gasteiger partial charge in [-0.15, -0.1) is 0 Å². The molecule has 136 valence electrons. The molecule has 1 atom stereocenters. The highest BCUT2D eigenvalue weighted by atomic mass is 16.5. The standard InChI is InChI=1S/C21H24N2O3/c1-14(2)17-6-5-15(3)20(13-17)26-16(4)21(24)23-18-7-9-19(10-8-18)25-12-11-22/h5-10,13-14,16H,12H2,1-4H3,(H,23,24). The largest absolute Gasteiger partial charge is 0.481 e. The van der Waals surface area contributed by atoms with Crippen LogP contribution in [0.15, 0.2) is 42.5 Å². The van der Waals surface area contributed by atoms with Crippen molar-refractivity contribution >= 4 is 11.6 Å². The fourth-order valence-electron chi connectivity index (χ4n) is 2.34. The maximum absolute atomic E-state index is 12.4. The van der Waals surface area contributed by atoms with E-state index in [0.717, 1.165) is 11.3 Å². The molecule has 5 nitrogen and oxygen atoms in total. The van der Waals surface area contributed by atoms with Crippen molar-refractivity contribution in [2.45, 2.75) is 39.7 Å². The van der Waals surface area contributed by atoms with Crippen LogP contribution in [0.1, 0.15) is 37.8 Å². The molecular weight excluding hydrogens is 328 g/mol. The predicted molar refractivity (Wildman–Crippen MR) is 102 cm³/mol. The summed E-state index contributed by atoms with van der Waals surface area (Å²) in [7, 11) is 0. The first kappa shape index (κ1) is 19.3. The van der Waals surface area contributed by atoms with Crippen molar-refractivity contribution in [3.8, 4) is 17.6 Å². The molecule has 0 bridgehead atoms. The Morgan fingerprint density at radius 3 is 2.46 bits per heavy atom. The summed E-state index contributed by atoms with van der Waals surface area (Å²) in [4.78, 5) is 12.4. The summed E-state index contributed by atoms with van der Waals surface area (Å²) in [5, 5.41) is 11.3. The number of amides is 1. The molecule has 0 aliphatic heterocycles. The Labute approximate surface area is 154 Å². The first-order valence-corrected chi connectivity index (χ1v) is 8.58. The summed E-state index contributed by atoms with van der Waals surface area (Å²) in [5.74, 6) is 1.46. The van der Waals surface area contributed by atoms with Gasteiger partial charge in [0.2, 0.25) is 0 Å². The average Bonchev–Trinajstić information content (AvgIpc) is 2.62. The number of rotatable bonds is 7. The van der Waals surface area contributed by atoms with Crippen molar-refractivity contribution in [1.82, 2.24) is 0 Å². The van der Waals surface area contributed by atoms with Gasteiger partial charge in [0.1, 0.15) is 17.6 Å². The van der Waals surface area contributed by atoms with Gasteiger partial charge >= 0.3 is 0 Å². The van der Waals surface area contributed by atoms with E-state index >= 15 is 0 Å². The van der Waals surface area contributed by atoms with Crippen molar-refractivity contribution in [3.63, 3.8) is 0 Å². The molecule has 5 heteroatoms. The van der Waals surface area contributed by atoms with Crippen molar-refractivity contribution in [1.29, 1.82) is 5.26 Å². The van der Waals surface area contributed by atoms with Crippen LogP contribution in [0.4, 0.5) is 5.69 Å². The van der Waals surface area contributed by atoms with E-state index < -0.39 is 6.10 Å². The summed E-state index contributed by atoms with van der Waals surface area (Å²) < 4.78 is 11.1. The van der Waals surface area contributed by atoms with Gasteiger partial charge in [0.05, 0.1) is 0 Å². The highest BCUT2D eigenvalue weighted by molar-refractivity contribution is 5.94. The monoisotopic (exact) mass is 352 g/mol. The summed E-state index contributed by atoms with van der Waals surface area (Å²) >= 11 is 0. The zero-order valence-electron chi connectivity index (χ0n) is 15.6. The van der Waals surface area contributed by atoms with Gasteiger partial charge in [0.25, 0.3) is 5.91 Å². The quantitative estimate of drug-likeness (QED) is 0.800. The number of hydrogen-bond acceptors (Lipinski definition) is 4. The van der Waals surface area contributed by atoms with Crippen LogP contribution in [0.3, 0.4) is 0 Å². The van der Waals surface area contributed by atoms with Gasteiger partial charge in [0, 0.05) is 5.69 Å². The summed E-state index contributed by atoms with van der Waals surface area (Å²) in [5.41, 5.74) is 2.81. The summed E-state index contributed by atoms with van der Waals surface area (Å²) in [6.07, 6.45) is -0.634. The third kappa shape index (κ3) is 5.25. The Kier molecular flexibility index (Phi) is 6.62. The molecule has 1 N–H and O–H groups in total. The van der Waals surface area contributed by atoms with E-state index in [2.05, 4.69) is 25.2 Å². The Morgan fingerprint density at radius 2 is 1.85 bits per heavy atom. The summed E-state index contributed by atoms with van der Waals surface area (Å²) in [6.45, 7) is 7.92. The van der Waals surface area contributed by atoms with E-state index in [-0.39, 0.29) is 12.5 Å². The second-order valence-corrected chi connectivity index (χ2v) is 6.40. The molecule has 0 aliphatic carbocycles. The topological polar surface area (TPSA) is 71.3 Å². The Morgan fingerprint density at radius 1 is 1.15 bits per heavy atom. The maximum Gasteiger partial charge on any atom is 0.265 e. The zero-order valence-corrected chi connectivity index (χ0v) is 15.6.